The van der Waals surface area contributed by atoms with Gasteiger partial charge in [0.25, 0.3) is 0 Å². The predicted molar refractivity (Wildman–Crippen MR) is 116 cm³/mol. The maximum absolute atomic E-state index is 13.2. The van der Waals surface area contributed by atoms with E-state index < -0.39 is 70.2 Å². The van der Waals surface area contributed by atoms with Crippen molar-refractivity contribution in [2.75, 3.05) is 10.3 Å². The molecule has 18 heteroatoms. The van der Waals surface area contributed by atoms with Crippen molar-refractivity contribution in [2.24, 2.45) is 0 Å². The Balaban J connectivity index is 2.83. The summed E-state index contributed by atoms with van der Waals surface area (Å²) < 4.78 is 136. The highest BCUT2D eigenvalue weighted by molar-refractivity contribution is 8.11. The number of fused-ring (bicyclic) bond motifs is 1. The molecule has 0 unspecified atom stereocenters. The molecule has 0 spiro atoms. The smallest absolute Gasteiger partial charge is 0.461 e. The third kappa shape index (κ3) is 6.11. The lowest BCUT2D eigenvalue weighted by atomic mass is 10.2. The number of esters is 2. The number of sulfonamides is 2. The van der Waals surface area contributed by atoms with E-state index in [2.05, 4.69) is 0 Å². The van der Waals surface area contributed by atoms with Crippen LogP contribution in [0.4, 0.5) is 32.0 Å². The van der Waals surface area contributed by atoms with Gasteiger partial charge in [0, 0.05) is 10.9 Å². The van der Waals surface area contributed by atoms with Crippen molar-refractivity contribution < 1.29 is 62.2 Å². The molecule has 0 bridgehead atoms. The zero-order valence-corrected chi connectivity index (χ0v) is 21.1. The molecule has 208 valence electrons. The first-order valence-corrected chi connectivity index (χ1v) is 12.9. The van der Waals surface area contributed by atoms with Gasteiger partial charge < -0.3 is 14.0 Å². The van der Waals surface area contributed by atoms with Gasteiger partial charge in [-0.25, -0.2) is 4.79 Å². The van der Waals surface area contributed by atoms with Crippen LogP contribution in [0.3, 0.4) is 0 Å². The molecule has 1 aromatic heterocycles. The Morgan fingerprint density at radius 3 is 1.86 bits per heavy atom. The molecule has 0 saturated heterocycles. The maximum atomic E-state index is 13.2. The lowest BCUT2D eigenvalue weighted by molar-refractivity contribution is -0.155. The van der Waals surface area contributed by atoms with Gasteiger partial charge in [-0.15, -0.1) is 3.71 Å². The third-order valence-corrected chi connectivity index (χ3v) is 7.95. The second-order valence-electron chi connectivity index (χ2n) is 8.26. The molecule has 0 saturated carbocycles. The third-order valence-electron chi connectivity index (χ3n) is 4.31. The average Bonchev–Trinajstić information content (AvgIpc) is 3.02. The zero-order valence-electron chi connectivity index (χ0n) is 19.5. The van der Waals surface area contributed by atoms with Gasteiger partial charge in [-0.1, -0.05) is 0 Å². The van der Waals surface area contributed by atoms with Crippen LogP contribution in [0.1, 0.15) is 38.2 Å². The number of carbonyl (C=O) groups is 2. The van der Waals surface area contributed by atoms with E-state index in [9.17, 15) is 52.8 Å². The molecule has 1 aromatic carbocycles. The maximum Gasteiger partial charge on any atom is 0.517 e. The number of rotatable bonds is 7. The summed E-state index contributed by atoms with van der Waals surface area (Å²) in [6.45, 7) is 5.22. The largest absolute Gasteiger partial charge is 0.517 e. The molecular formula is C19H20F6N2O8S2. The highest BCUT2D eigenvalue weighted by Gasteiger charge is 2.61. The highest BCUT2D eigenvalue weighted by atomic mass is 32.3. The Morgan fingerprint density at radius 2 is 1.43 bits per heavy atom. The Bertz CT molecular complexity index is 1380. The Morgan fingerprint density at radius 1 is 0.919 bits per heavy atom. The number of carbonyl (C=O) groups excluding carboxylic acids is 2. The molecule has 1 heterocycles. The zero-order chi connectivity index (χ0) is 28.8. The van der Waals surface area contributed by atoms with Gasteiger partial charge in [0.2, 0.25) is 0 Å². The lowest BCUT2D eigenvalue weighted by Gasteiger charge is -2.25. The summed E-state index contributed by atoms with van der Waals surface area (Å²) in [6, 6.07) is 2.33. The number of ether oxygens (including phenoxy) is 2. The highest BCUT2D eigenvalue weighted by Crippen LogP contribution is 2.40. The molecule has 0 radical (unpaired) electrons. The normalized spacial score (nSPS) is 13.5. The van der Waals surface area contributed by atoms with E-state index in [4.69, 9.17) is 9.47 Å². The molecule has 0 N–H and O–H groups in total. The molecule has 10 nitrogen and oxygen atoms in total. The summed E-state index contributed by atoms with van der Waals surface area (Å²) in [4.78, 5) is 24.8. The number of halogens is 6. The van der Waals surface area contributed by atoms with Gasteiger partial charge in [-0.05, 0) is 52.0 Å². The molecule has 0 aliphatic rings. The second-order valence-corrected chi connectivity index (χ2v) is 12.1. The van der Waals surface area contributed by atoms with E-state index in [-0.39, 0.29) is 17.5 Å². The summed E-state index contributed by atoms with van der Waals surface area (Å²) in [5.41, 5.74) is -15.9. The fourth-order valence-corrected chi connectivity index (χ4v) is 5.71. The van der Waals surface area contributed by atoms with E-state index in [1.54, 1.807) is 0 Å². The second kappa shape index (κ2) is 9.70. The van der Waals surface area contributed by atoms with E-state index in [1.165, 1.54) is 27.7 Å². The summed E-state index contributed by atoms with van der Waals surface area (Å²) in [5.74, 6) is -1.94. The molecule has 0 aliphatic heterocycles. The van der Waals surface area contributed by atoms with E-state index in [1.807, 2.05) is 0 Å². The van der Waals surface area contributed by atoms with E-state index in [0.29, 0.717) is 12.1 Å². The van der Waals surface area contributed by atoms with Crippen LogP contribution in [0, 0.1) is 0 Å². The number of nitrogens with zero attached hydrogens (tertiary/aromatic N) is 2. The van der Waals surface area contributed by atoms with Gasteiger partial charge >= 0.3 is 43.0 Å². The van der Waals surface area contributed by atoms with Crippen molar-refractivity contribution in [1.29, 1.82) is 0 Å². The quantitative estimate of drug-likeness (QED) is 0.357. The van der Waals surface area contributed by atoms with Crippen LogP contribution in [-0.2, 0) is 40.9 Å². The van der Waals surface area contributed by atoms with Crippen LogP contribution in [0.25, 0.3) is 10.9 Å². The Kier molecular flexibility index (Phi) is 7.92. The van der Waals surface area contributed by atoms with Crippen molar-refractivity contribution in [2.45, 2.75) is 50.9 Å². The number of hydrogen-bond acceptors (Lipinski definition) is 8. The van der Waals surface area contributed by atoms with Gasteiger partial charge in [-0.3, -0.25) is 4.79 Å². The molecule has 0 atom stereocenters. The van der Waals surface area contributed by atoms with Crippen molar-refractivity contribution in [3.63, 3.8) is 0 Å². The monoisotopic (exact) mass is 582 g/mol. The molecule has 0 aliphatic carbocycles. The number of benzene rings is 1. The minimum absolute atomic E-state index is 0.153. The summed E-state index contributed by atoms with van der Waals surface area (Å²) in [5, 5.41) is -0.385. The Hall–Kier alpha value is -3.02. The van der Waals surface area contributed by atoms with E-state index >= 15 is 0 Å². The van der Waals surface area contributed by atoms with Crippen molar-refractivity contribution in [1.82, 2.24) is 4.57 Å². The minimum atomic E-state index is -7.12. The molecule has 2 rings (SSSR count). The number of hydrogen-bond donors (Lipinski definition) is 0. The summed E-state index contributed by atoms with van der Waals surface area (Å²) in [6.07, 6.45) is 0. The molecular weight excluding hydrogens is 562 g/mol. The predicted octanol–water partition coefficient (Wildman–Crippen LogP) is 3.67. The number of anilines is 1. The molecule has 37 heavy (non-hydrogen) atoms. The lowest BCUT2D eigenvalue weighted by Crippen LogP contribution is -2.49. The van der Waals surface area contributed by atoms with Crippen molar-refractivity contribution in [3.05, 3.63) is 30.0 Å². The molecule has 2 aromatic rings. The van der Waals surface area contributed by atoms with Crippen LogP contribution >= 0.6 is 0 Å². The fourth-order valence-electron chi connectivity index (χ4n) is 3.01. The first-order chi connectivity index (χ1) is 16.5. The Labute approximate surface area is 206 Å². The first kappa shape index (κ1) is 30.2. The van der Waals surface area contributed by atoms with Crippen LogP contribution in [0.15, 0.2) is 24.3 Å². The van der Waals surface area contributed by atoms with Crippen LogP contribution < -0.4 is 3.71 Å². The van der Waals surface area contributed by atoms with Crippen LogP contribution in [-0.4, -0.2) is 56.6 Å². The minimum Gasteiger partial charge on any atom is -0.461 e. The number of alkyl halides is 6. The molecule has 0 amide bonds. The average molecular weight is 582 g/mol. The standard InChI is InChI=1S/C19H20F6N2O8S2/c1-5-34-16(29)14-9-11-8-12(6-7-13(11)26(14)10-15(28)35-17(2,3)4)27(36(30,31)18(20,21)22)37(32,33)19(23,24)25/h6-9H,5,10H2,1-4H3. The first-order valence-electron chi connectivity index (χ1n) is 10.00. The SMILES string of the molecule is CCOC(=O)c1cc2cc(N(S(=O)(=O)C(F)(F)F)S(=O)(=O)C(F)(F)F)ccc2n1CC(=O)OC(C)(C)C. The van der Waals surface area contributed by atoms with Crippen molar-refractivity contribution in [3.8, 4) is 0 Å². The fraction of sp³-hybridized carbons (Fsp3) is 0.474. The van der Waals surface area contributed by atoms with Gasteiger partial charge in [0.15, 0.2) is 0 Å². The summed E-state index contributed by atoms with van der Waals surface area (Å²) >= 11 is 0. The molecule has 0 fully saturated rings. The van der Waals surface area contributed by atoms with Crippen LogP contribution in [0.5, 0.6) is 0 Å². The van der Waals surface area contributed by atoms with Gasteiger partial charge in [0.05, 0.1) is 12.3 Å². The van der Waals surface area contributed by atoms with Gasteiger partial charge in [-0.2, -0.15) is 43.2 Å². The van der Waals surface area contributed by atoms with Crippen LogP contribution in [0.2, 0.25) is 0 Å². The number of aromatic nitrogens is 1. The van der Waals surface area contributed by atoms with Gasteiger partial charge in [0.1, 0.15) is 17.8 Å². The topological polar surface area (TPSA) is 129 Å². The summed E-state index contributed by atoms with van der Waals surface area (Å²) in [7, 11) is -14.2. The van der Waals surface area contributed by atoms with Crippen molar-refractivity contribution >= 4 is 48.6 Å². The van der Waals surface area contributed by atoms with E-state index in [0.717, 1.165) is 16.7 Å².